The number of hydroxylamine groups is 2. The molecule has 1 aliphatic heterocycles. The van der Waals surface area contributed by atoms with Crippen LogP contribution >= 0.6 is 0 Å². The van der Waals surface area contributed by atoms with Gasteiger partial charge in [-0.3, -0.25) is 14.4 Å². The van der Waals surface area contributed by atoms with Crippen molar-refractivity contribution in [1.82, 2.24) is 15.0 Å². The number of anilines is 1. The summed E-state index contributed by atoms with van der Waals surface area (Å²) in [6.45, 7) is 4.92. The van der Waals surface area contributed by atoms with Crippen LogP contribution < -0.4 is 11.1 Å². The molecule has 0 saturated heterocycles. The van der Waals surface area contributed by atoms with Crippen LogP contribution in [0.1, 0.15) is 38.1 Å². The highest BCUT2D eigenvalue weighted by Gasteiger charge is 2.24. The molecular weight excluding hydrogens is 370 g/mol. The van der Waals surface area contributed by atoms with Crippen LogP contribution in [0.5, 0.6) is 0 Å². The van der Waals surface area contributed by atoms with Crippen LogP contribution in [0.3, 0.4) is 0 Å². The van der Waals surface area contributed by atoms with Crippen molar-refractivity contribution in [2.45, 2.75) is 33.2 Å². The molecule has 8 heteroatoms. The maximum Gasteiger partial charge on any atom is 0.273 e. The molecule has 0 aliphatic carbocycles. The van der Waals surface area contributed by atoms with E-state index >= 15 is 0 Å². The van der Waals surface area contributed by atoms with E-state index in [2.05, 4.69) is 15.3 Å². The SMILES string of the molecule is CCCN(OCC)C(=O)C1=Cc2ccc(-c3cnc(CN)nc3)cc2NC(=O)C1. The molecule has 0 radical (unpaired) electrons. The number of aromatic nitrogens is 2. The zero-order valence-corrected chi connectivity index (χ0v) is 16.6. The van der Waals surface area contributed by atoms with E-state index in [9.17, 15) is 9.59 Å². The van der Waals surface area contributed by atoms with Crippen LogP contribution in [0.25, 0.3) is 17.2 Å². The van der Waals surface area contributed by atoms with E-state index in [1.54, 1.807) is 18.5 Å². The monoisotopic (exact) mass is 395 g/mol. The van der Waals surface area contributed by atoms with Crippen molar-refractivity contribution in [3.8, 4) is 11.1 Å². The third-order valence-corrected chi connectivity index (χ3v) is 4.44. The van der Waals surface area contributed by atoms with Gasteiger partial charge in [-0.1, -0.05) is 19.1 Å². The molecule has 0 bridgehead atoms. The third kappa shape index (κ3) is 4.85. The van der Waals surface area contributed by atoms with Gasteiger partial charge in [-0.05, 0) is 36.6 Å². The maximum atomic E-state index is 12.9. The van der Waals surface area contributed by atoms with Gasteiger partial charge in [-0.2, -0.15) is 0 Å². The summed E-state index contributed by atoms with van der Waals surface area (Å²) in [5, 5.41) is 4.21. The molecular formula is C21H25N5O3. The lowest BCUT2D eigenvalue weighted by Gasteiger charge is -2.21. The summed E-state index contributed by atoms with van der Waals surface area (Å²) in [4.78, 5) is 39.2. The molecule has 2 amide bonds. The Labute approximate surface area is 169 Å². The van der Waals surface area contributed by atoms with E-state index in [0.717, 1.165) is 23.1 Å². The second kappa shape index (κ2) is 9.40. The standard InChI is InChI=1S/C21H25N5O3/c1-3-7-26(29-4-2)21(28)16-8-15-6-5-14(9-18(15)25-20(27)10-16)17-12-23-19(11-22)24-13-17/h5-6,8-9,12-13H,3-4,7,10-11,22H2,1-2H3,(H,25,27). The first-order chi connectivity index (χ1) is 14.0. The minimum atomic E-state index is -0.286. The molecule has 0 fully saturated rings. The average Bonchev–Trinajstić information content (AvgIpc) is 2.90. The first-order valence-corrected chi connectivity index (χ1v) is 9.66. The molecule has 0 unspecified atom stereocenters. The fourth-order valence-electron chi connectivity index (χ4n) is 3.07. The Bertz CT molecular complexity index is 918. The van der Waals surface area contributed by atoms with E-state index < -0.39 is 0 Å². The van der Waals surface area contributed by atoms with Gasteiger partial charge in [0.2, 0.25) is 5.91 Å². The number of nitrogens with two attached hydrogens (primary N) is 1. The summed E-state index contributed by atoms with van der Waals surface area (Å²) >= 11 is 0. The van der Waals surface area contributed by atoms with Crippen molar-refractivity contribution in [1.29, 1.82) is 0 Å². The first-order valence-electron chi connectivity index (χ1n) is 9.66. The van der Waals surface area contributed by atoms with Gasteiger partial charge in [-0.15, -0.1) is 0 Å². The highest BCUT2D eigenvalue weighted by Crippen LogP contribution is 2.30. The van der Waals surface area contributed by atoms with Crippen molar-refractivity contribution in [3.05, 3.63) is 47.6 Å². The Hall–Kier alpha value is -3.10. The summed E-state index contributed by atoms with van der Waals surface area (Å²) in [5.41, 5.74) is 9.00. The van der Waals surface area contributed by atoms with Gasteiger partial charge in [0.1, 0.15) is 5.82 Å². The fourth-order valence-corrected chi connectivity index (χ4v) is 3.07. The van der Waals surface area contributed by atoms with E-state index in [-0.39, 0.29) is 24.8 Å². The Balaban J connectivity index is 1.92. The van der Waals surface area contributed by atoms with Crippen molar-refractivity contribution in [2.75, 3.05) is 18.5 Å². The number of benzene rings is 1. The number of fused-ring (bicyclic) bond motifs is 1. The Kier molecular flexibility index (Phi) is 6.69. The van der Waals surface area contributed by atoms with Gasteiger partial charge < -0.3 is 11.1 Å². The van der Waals surface area contributed by atoms with Crippen LogP contribution in [0, 0.1) is 0 Å². The zero-order chi connectivity index (χ0) is 20.8. The predicted molar refractivity (Wildman–Crippen MR) is 110 cm³/mol. The summed E-state index contributed by atoms with van der Waals surface area (Å²) in [6.07, 6.45) is 5.89. The Morgan fingerprint density at radius 3 is 2.66 bits per heavy atom. The average molecular weight is 395 g/mol. The number of nitrogens with one attached hydrogen (secondary N) is 1. The van der Waals surface area contributed by atoms with Crippen molar-refractivity contribution in [2.24, 2.45) is 5.73 Å². The van der Waals surface area contributed by atoms with Crippen LogP contribution in [0.4, 0.5) is 5.69 Å². The van der Waals surface area contributed by atoms with Crippen molar-refractivity contribution < 1.29 is 14.4 Å². The van der Waals surface area contributed by atoms with Gasteiger partial charge in [-0.25, -0.2) is 15.0 Å². The number of hydrogen-bond acceptors (Lipinski definition) is 6. The molecule has 0 atom stereocenters. The largest absolute Gasteiger partial charge is 0.325 e. The molecule has 29 heavy (non-hydrogen) atoms. The molecule has 1 aromatic carbocycles. The third-order valence-electron chi connectivity index (χ3n) is 4.44. The number of nitrogens with zero attached hydrogens (tertiary/aromatic N) is 3. The number of carbonyl (C=O) groups excluding carboxylic acids is 2. The van der Waals surface area contributed by atoms with E-state index in [0.29, 0.717) is 30.2 Å². The van der Waals surface area contributed by atoms with Gasteiger partial charge in [0, 0.05) is 35.8 Å². The van der Waals surface area contributed by atoms with Crippen LogP contribution in [0.2, 0.25) is 0 Å². The second-order valence-corrected chi connectivity index (χ2v) is 6.61. The number of carbonyl (C=O) groups is 2. The lowest BCUT2D eigenvalue weighted by molar-refractivity contribution is -0.180. The maximum absolute atomic E-state index is 12.9. The van der Waals surface area contributed by atoms with Crippen LogP contribution in [-0.2, 0) is 21.0 Å². The molecule has 1 aromatic heterocycles. The fraction of sp³-hybridized carbons (Fsp3) is 0.333. The zero-order valence-electron chi connectivity index (χ0n) is 16.6. The minimum absolute atomic E-state index is 0.00948. The highest BCUT2D eigenvalue weighted by molar-refractivity contribution is 6.08. The molecule has 8 nitrogen and oxygen atoms in total. The van der Waals surface area contributed by atoms with Crippen molar-refractivity contribution >= 4 is 23.6 Å². The number of rotatable bonds is 7. The van der Waals surface area contributed by atoms with E-state index in [4.69, 9.17) is 10.6 Å². The normalized spacial score (nSPS) is 13.2. The molecule has 3 rings (SSSR count). The summed E-state index contributed by atoms with van der Waals surface area (Å²) in [7, 11) is 0. The van der Waals surface area contributed by atoms with E-state index in [1.807, 2.05) is 32.0 Å². The minimum Gasteiger partial charge on any atom is -0.325 e. The highest BCUT2D eigenvalue weighted by atomic mass is 16.7. The van der Waals surface area contributed by atoms with Gasteiger partial charge in [0.15, 0.2) is 0 Å². The van der Waals surface area contributed by atoms with E-state index in [1.165, 1.54) is 5.06 Å². The van der Waals surface area contributed by atoms with Crippen LogP contribution in [0.15, 0.2) is 36.2 Å². The number of amides is 2. The lowest BCUT2D eigenvalue weighted by Crippen LogP contribution is -2.33. The molecule has 3 N–H and O–H groups in total. The van der Waals surface area contributed by atoms with Gasteiger partial charge >= 0.3 is 0 Å². The quantitative estimate of drug-likeness (QED) is 0.697. The summed E-state index contributed by atoms with van der Waals surface area (Å²) in [5.74, 6) is 0.0311. The predicted octanol–water partition coefficient (Wildman–Crippen LogP) is 2.52. The molecule has 1 aliphatic rings. The summed E-state index contributed by atoms with van der Waals surface area (Å²) < 4.78 is 0. The molecule has 152 valence electrons. The first kappa shape index (κ1) is 20.6. The lowest BCUT2D eigenvalue weighted by atomic mass is 10.0. The van der Waals surface area contributed by atoms with Gasteiger partial charge in [0.25, 0.3) is 5.91 Å². The topological polar surface area (TPSA) is 110 Å². The van der Waals surface area contributed by atoms with Crippen LogP contribution in [-0.4, -0.2) is 40.0 Å². The molecule has 0 spiro atoms. The Morgan fingerprint density at radius 1 is 1.24 bits per heavy atom. The Morgan fingerprint density at radius 2 is 2.00 bits per heavy atom. The molecule has 2 heterocycles. The molecule has 2 aromatic rings. The van der Waals surface area contributed by atoms with Crippen molar-refractivity contribution in [3.63, 3.8) is 0 Å². The number of hydrogen-bond donors (Lipinski definition) is 2. The second-order valence-electron chi connectivity index (χ2n) is 6.61. The summed E-state index contributed by atoms with van der Waals surface area (Å²) in [6, 6.07) is 5.62. The molecule has 0 saturated carbocycles. The smallest absolute Gasteiger partial charge is 0.273 e. The van der Waals surface area contributed by atoms with Gasteiger partial charge in [0.05, 0.1) is 19.6 Å².